The summed E-state index contributed by atoms with van der Waals surface area (Å²) < 4.78 is 6.22. The molecule has 0 aliphatic carbocycles. The van der Waals surface area contributed by atoms with Gasteiger partial charge in [0.05, 0.1) is 5.69 Å². The Morgan fingerprint density at radius 2 is 0.846 bits per heavy atom. The molecule has 2 nitrogen and oxygen atoms in total. The average Bonchev–Trinajstić information content (AvgIpc) is 3.61. The van der Waals surface area contributed by atoms with Crippen LogP contribution in [-0.2, 0) is 0 Å². The van der Waals surface area contributed by atoms with E-state index in [9.17, 15) is 0 Å². The van der Waals surface area contributed by atoms with Crippen molar-refractivity contribution in [1.29, 1.82) is 0 Å². The van der Waals surface area contributed by atoms with E-state index in [1.807, 2.05) is 12.1 Å². The zero-order valence-corrected chi connectivity index (χ0v) is 28.4. The van der Waals surface area contributed by atoms with Gasteiger partial charge in [0.15, 0.2) is 0 Å². The lowest BCUT2D eigenvalue weighted by atomic mass is 9.95. The number of para-hydroxylation sites is 2. The maximum absolute atomic E-state index is 6.22. The number of hydrogen-bond donors (Lipinski definition) is 0. The lowest BCUT2D eigenvalue weighted by Gasteiger charge is -2.28. The highest BCUT2D eigenvalue weighted by Gasteiger charge is 2.18. The summed E-state index contributed by atoms with van der Waals surface area (Å²) >= 11 is 0. The minimum absolute atomic E-state index is 0.917. The van der Waals surface area contributed by atoms with E-state index >= 15 is 0 Å². The van der Waals surface area contributed by atoms with Crippen molar-refractivity contribution < 1.29 is 4.42 Å². The number of fused-ring (bicyclic) bond motifs is 6. The van der Waals surface area contributed by atoms with E-state index < -0.39 is 0 Å². The van der Waals surface area contributed by atoms with Gasteiger partial charge in [-0.15, -0.1) is 0 Å². The first-order valence-electron chi connectivity index (χ1n) is 17.8. The van der Waals surface area contributed by atoms with Crippen molar-refractivity contribution in [2.45, 2.75) is 0 Å². The van der Waals surface area contributed by atoms with Crippen molar-refractivity contribution in [3.63, 3.8) is 0 Å². The van der Waals surface area contributed by atoms with Gasteiger partial charge in [0, 0.05) is 27.7 Å². The molecule has 0 bridgehead atoms. The molecule has 0 aliphatic heterocycles. The van der Waals surface area contributed by atoms with Crippen LogP contribution in [-0.4, -0.2) is 0 Å². The van der Waals surface area contributed by atoms with Gasteiger partial charge in [-0.2, -0.15) is 0 Å². The highest BCUT2D eigenvalue weighted by molar-refractivity contribution is 6.21. The Hall–Kier alpha value is -6.90. The molecular weight excluding hydrogens is 631 g/mol. The molecule has 0 fully saturated rings. The summed E-state index contributed by atoms with van der Waals surface area (Å²) in [5.74, 6) is 0. The van der Waals surface area contributed by atoms with Crippen LogP contribution in [0.4, 0.5) is 17.1 Å². The molecule has 0 radical (unpaired) electrons. The normalized spacial score (nSPS) is 11.5. The summed E-state index contributed by atoms with van der Waals surface area (Å²) in [6.45, 7) is 0. The Balaban J connectivity index is 1.10. The third kappa shape index (κ3) is 5.04. The number of anilines is 3. The first-order chi connectivity index (χ1) is 25.8. The molecule has 52 heavy (non-hydrogen) atoms. The van der Waals surface area contributed by atoms with Crippen LogP contribution >= 0.6 is 0 Å². The van der Waals surface area contributed by atoms with E-state index in [-0.39, 0.29) is 0 Å². The molecule has 0 amide bonds. The van der Waals surface area contributed by atoms with Crippen LogP contribution in [0.5, 0.6) is 0 Å². The van der Waals surface area contributed by atoms with Gasteiger partial charge >= 0.3 is 0 Å². The van der Waals surface area contributed by atoms with E-state index in [0.29, 0.717) is 0 Å². The number of hydrogen-bond acceptors (Lipinski definition) is 2. The number of furan rings is 1. The van der Waals surface area contributed by atoms with Crippen LogP contribution in [0, 0.1) is 0 Å². The number of nitrogens with zero attached hydrogens (tertiary/aromatic N) is 1. The van der Waals surface area contributed by atoms with Gasteiger partial charge in [0.1, 0.15) is 11.2 Å². The van der Waals surface area contributed by atoms with Gasteiger partial charge in [0.25, 0.3) is 0 Å². The zero-order valence-electron chi connectivity index (χ0n) is 28.4. The molecular formula is C50H33NO. The van der Waals surface area contributed by atoms with Crippen molar-refractivity contribution >= 4 is 60.5 Å². The lowest BCUT2D eigenvalue weighted by molar-refractivity contribution is 0.669. The van der Waals surface area contributed by atoms with E-state index in [4.69, 9.17) is 4.42 Å². The van der Waals surface area contributed by atoms with E-state index in [1.165, 1.54) is 60.3 Å². The summed E-state index contributed by atoms with van der Waals surface area (Å²) in [6.07, 6.45) is 0. The molecule has 2 heteroatoms. The molecule has 244 valence electrons. The second-order valence-electron chi connectivity index (χ2n) is 13.3. The van der Waals surface area contributed by atoms with Crippen molar-refractivity contribution in [3.8, 4) is 33.4 Å². The van der Waals surface area contributed by atoms with Crippen LogP contribution in [0.25, 0.3) is 76.9 Å². The molecule has 9 aromatic carbocycles. The van der Waals surface area contributed by atoms with Gasteiger partial charge in [-0.1, -0.05) is 158 Å². The predicted octanol–water partition coefficient (Wildman–Crippen LogP) is 14.4. The molecule has 0 saturated heterocycles. The second kappa shape index (κ2) is 12.5. The topological polar surface area (TPSA) is 16.4 Å². The summed E-state index contributed by atoms with van der Waals surface area (Å²) in [7, 11) is 0. The molecule has 0 unspecified atom stereocenters. The molecule has 0 aliphatic rings. The minimum atomic E-state index is 0.917. The van der Waals surface area contributed by atoms with Gasteiger partial charge in [-0.25, -0.2) is 0 Å². The first-order valence-corrected chi connectivity index (χ1v) is 17.8. The molecule has 10 rings (SSSR count). The molecule has 10 aromatic rings. The van der Waals surface area contributed by atoms with Gasteiger partial charge < -0.3 is 9.32 Å². The average molecular weight is 664 g/mol. The predicted molar refractivity (Wildman–Crippen MR) is 220 cm³/mol. The third-order valence-corrected chi connectivity index (χ3v) is 10.3. The largest absolute Gasteiger partial charge is 0.456 e. The monoisotopic (exact) mass is 663 g/mol. The summed E-state index contributed by atoms with van der Waals surface area (Å²) in [5, 5.41) is 7.24. The highest BCUT2D eigenvalue weighted by Crippen LogP contribution is 2.43. The quantitative estimate of drug-likeness (QED) is 0.176. The van der Waals surface area contributed by atoms with E-state index in [2.05, 4.69) is 193 Å². The fraction of sp³-hybridized carbons (Fsp3) is 0. The molecule has 1 heterocycles. The summed E-state index contributed by atoms with van der Waals surface area (Å²) in [5.41, 5.74) is 12.3. The minimum Gasteiger partial charge on any atom is -0.456 e. The van der Waals surface area contributed by atoms with Gasteiger partial charge in [0.2, 0.25) is 0 Å². The second-order valence-corrected chi connectivity index (χ2v) is 13.3. The zero-order chi connectivity index (χ0) is 34.4. The van der Waals surface area contributed by atoms with Crippen molar-refractivity contribution in [2.24, 2.45) is 0 Å². The summed E-state index contributed by atoms with van der Waals surface area (Å²) in [4.78, 5) is 2.38. The Morgan fingerprint density at radius 1 is 0.308 bits per heavy atom. The molecule has 1 aromatic heterocycles. The Bertz CT molecular complexity index is 2880. The molecule has 0 N–H and O–H groups in total. The molecule has 0 atom stereocenters. The van der Waals surface area contributed by atoms with Crippen LogP contribution in [0.2, 0.25) is 0 Å². The highest BCUT2D eigenvalue weighted by atomic mass is 16.3. The lowest BCUT2D eigenvalue weighted by Crippen LogP contribution is -2.11. The van der Waals surface area contributed by atoms with Gasteiger partial charge in [-0.05, 0) is 91.8 Å². The first kappa shape index (κ1) is 30.0. The Morgan fingerprint density at radius 3 is 1.62 bits per heavy atom. The summed E-state index contributed by atoms with van der Waals surface area (Å²) in [6, 6.07) is 71.7. The number of benzene rings is 9. The van der Waals surface area contributed by atoms with Crippen LogP contribution in [0.3, 0.4) is 0 Å². The van der Waals surface area contributed by atoms with Crippen LogP contribution in [0.1, 0.15) is 0 Å². The SMILES string of the molecule is c1ccc(-c2ccccc2N(c2ccc(-c3cccc4ccccc34)cc2)c2ccc(-c3cccc4c3ccc3oc5ccccc5c34)cc2)cc1. The third-order valence-electron chi connectivity index (χ3n) is 10.3. The van der Waals surface area contributed by atoms with Gasteiger partial charge in [-0.3, -0.25) is 0 Å². The van der Waals surface area contributed by atoms with Crippen molar-refractivity contribution in [2.75, 3.05) is 4.90 Å². The Kier molecular flexibility index (Phi) is 7.18. The van der Waals surface area contributed by atoms with E-state index in [0.717, 1.165) is 33.6 Å². The number of rotatable bonds is 6. The van der Waals surface area contributed by atoms with Crippen LogP contribution in [0.15, 0.2) is 205 Å². The van der Waals surface area contributed by atoms with E-state index in [1.54, 1.807) is 0 Å². The molecule has 0 saturated carbocycles. The smallest absolute Gasteiger partial charge is 0.136 e. The standard InChI is InChI=1S/C50H33NO/c1-2-12-35(13-3-1)43-17-6-8-22-47(43)51(38-28-24-36(25-29-38)41-19-10-15-34-14-4-5-16-40(34)41)39-30-26-37(27-31-39)42-20-11-21-45-44(42)32-33-49-50(45)46-18-7-9-23-48(46)52-49/h1-33H. The van der Waals surface area contributed by atoms with Crippen LogP contribution < -0.4 is 4.90 Å². The van der Waals surface area contributed by atoms with Crippen molar-refractivity contribution in [1.82, 2.24) is 0 Å². The Labute approximate surface area is 302 Å². The molecule has 0 spiro atoms. The fourth-order valence-corrected chi connectivity index (χ4v) is 7.85. The maximum atomic E-state index is 6.22. The van der Waals surface area contributed by atoms with Crippen molar-refractivity contribution in [3.05, 3.63) is 200 Å². The maximum Gasteiger partial charge on any atom is 0.136 e. The fourth-order valence-electron chi connectivity index (χ4n) is 7.85.